The van der Waals surface area contributed by atoms with Crippen LogP contribution in [0, 0.1) is 6.92 Å². The number of phenolic OH excluding ortho intramolecular Hbond substituents is 2. The molecule has 0 bridgehead atoms. The van der Waals surface area contributed by atoms with Crippen LogP contribution in [-0.2, 0) is 6.42 Å². The molecule has 0 saturated heterocycles. The van der Waals surface area contributed by atoms with Gasteiger partial charge in [0.15, 0.2) is 0 Å². The molecule has 3 N–H and O–H groups in total. The van der Waals surface area contributed by atoms with Crippen LogP contribution in [0.15, 0.2) is 59.2 Å². The van der Waals surface area contributed by atoms with E-state index >= 15 is 0 Å². The summed E-state index contributed by atoms with van der Waals surface area (Å²) >= 11 is 0. The molecule has 0 heterocycles. The zero-order valence-corrected chi connectivity index (χ0v) is 19.6. The smallest absolute Gasteiger partial charge is 0.122 e. The van der Waals surface area contributed by atoms with Crippen LogP contribution in [0.5, 0.6) is 11.5 Å². The summed E-state index contributed by atoms with van der Waals surface area (Å²) in [6.45, 7) is 12.0. The molecule has 0 aliphatic heterocycles. The first-order valence-electron chi connectivity index (χ1n) is 10.9. The summed E-state index contributed by atoms with van der Waals surface area (Å²) in [5.74, 6) is 0.449. The quantitative estimate of drug-likeness (QED) is 0.269. The van der Waals surface area contributed by atoms with E-state index in [-0.39, 0.29) is 11.5 Å². The largest absolute Gasteiger partial charge is 0.508 e. The van der Waals surface area contributed by atoms with E-state index in [4.69, 9.17) is 0 Å². The molecule has 1 aromatic rings. The molecule has 0 spiro atoms. The van der Waals surface area contributed by atoms with Gasteiger partial charge in [0.1, 0.15) is 11.5 Å². The van der Waals surface area contributed by atoms with Crippen LogP contribution in [0.1, 0.15) is 77.8 Å². The highest BCUT2D eigenvalue weighted by molar-refractivity contribution is 5.46. The van der Waals surface area contributed by atoms with Gasteiger partial charge in [-0.25, -0.2) is 0 Å². The molecule has 0 aromatic heterocycles. The molecule has 0 fully saturated rings. The van der Waals surface area contributed by atoms with Crippen molar-refractivity contribution in [1.29, 1.82) is 0 Å². The van der Waals surface area contributed by atoms with Gasteiger partial charge in [-0.1, -0.05) is 47.1 Å². The van der Waals surface area contributed by atoms with Crippen molar-refractivity contribution >= 4 is 0 Å². The maximum atomic E-state index is 10.4. The molecule has 0 aliphatic carbocycles. The minimum absolute atomic E-state index is 0.189. The van der Waals surface area contributed by atoms with Crippen molar-refractivity contribution in [3.05, 3.63) is 70.4 Å². The van der Waals surface area contributed by atoms with Gasteiger partial charge in [0.25, 0.3) is 0 Å². The second-order valence-corrected chi connectivity index (χ2v) is 8.90. The van der Waals surface area contributed by atoms with Crippen molar-refractivity contribution in [2.75, 3.05) is 0 Å². The predicted molar refractivity (Wildman–Crippen MR) is 128 cm³/mol. The summed E-state index contributed by atoms with van der Waals surface area (Å²) in [7, 11) is 0. The van der Waals surface area contributed by atoms with E-state index in [9.17, 15) is 15.3 Å². The Kier molecular flexibility index (Phi) is 10.7. The van der Waals surface area contributed by atoms with Gasteiger partial charge in [-0.15, -0.1) is 0 Å². The van der Waals surface area contributed by atoms with Gasteiger partial charge in [-0.05, 0) is 97.8 Å². The third-order valence-electron chi connectivity index (χ3n) is 5.19. The number of aliphatic hydroxyl groups is 1. The molecule has 1 unspecified atom stereocenters. The van der Waals surface area contributed by atoms with Crippen LogP contribution in [0.3, 0.4) is 0 Å². The van der Waals surface area contributed by atoms with Gasteiger partial charge in [0.2, 0.25) is 0 Å². The van der Waals surface area contributed by atoms with Gasteiger partial charge in [-0.2, -0.15) is 0 Å². The van der Waals surface area contributed by atoms with Gasteiger partial charge < -0.3 is 15.3 Å². The minimum Gasteiger partial charge on any atom is -0.508 e. The average Bonchev–Trinajstić information content (AvgIpc) is 2.62. The van der Waals surface area contributed by atoms with Crippen molar-refractivity contribution < 1.29 is 15.3 Å². The number of aryl methyl sites for hydroxylation is 1. The Hall–Kier alpha value is -2.26. The van der Waals surface area contributed by atoms with E-state index in [0.29, 0.717) is 12.0 Å². The summed E-state index contributed by atoms with van der Waals surface area (Å²) < 4.78 is 0. The standard InChI is InChI=1S/C27H40O3/c1-20(2)10-8-16-27(6,30)17-9-13-21(3)11-7-12-22(4)14-15-24-19-25(28)18-23(5)26(24)29/h9-11,14,17-19,28-30H,7-8,12-13,15-16H2,1-6H3. The highest BCUT2D eigenvalue weighted by Crippen LogP contribution is 2.28. The molecule has 0 amide bonds. The number of allylic oxidation sites excluding steroid dienone is 7. The van der Waals surface area contributed by atoms with Gasteiger partial charge in [-0.3, -0.25) is 0 Å². The highest BCUT2D eigenvalue weighted by atomic mass is 16.3. The second kappa shape index (κ2) is 12.4. The van der Waals surface area contributed by atoms with Crippen LogP contribution in [0.25, 0.3) is 0 Å². The molecular formula is C27H40O3. The third-order valence-corrected chi connectivity index (χ3v) is 5.19. The molecule has 0 saturated carbocycles. The number of aromatic hydroxyl groups is 2. The number of hydrogen-bond donors (Lipinski definition) is 3. The van der Waals surface area contributed by atoms with E-state index in [2.05, 4.69) is 52.0 Å². The number of rotatable bonds is 11. The van der Waals surface area contributed by atoms with E-state index in [0.717, 1.165) is 37.7 Å². The number of phenols is 2. The monoisotopic (exact) mass is 412 g/mol. The molecule has 3 nitrogen and oxygen atoms in total. The number of benzene rings is 1. The summed E-state index contributed by atoms with van der Waals surface area (Å²) in [5, 5.41) is 30.2. The lowest BCUT2D eigenvalue weighted by Gasteiger charge is -2.18. The minimum atomic E-state index is -0.763. The lowest BCUT2D eigenvalue weighted by molar-refractivity contribution is 0.103. The van der Waals surface area contributed by atoms with Crippen LogP contribution in [0.4, 0.5) is 0 Å². The van der Waals surface area contributed by atoms with E-state index < -0.39 is 5.60 Å². The first-order valence-corrected chi connectivity index (χ1v) is 10.9. The van der Waals surface area contributed by atoms with Crippen LogP contribution in [-0.4, -0.2) is 20.9 Å². The molecule has 30 heavy (non-hydrogen) atoms. The lowest BCUT2D eigenvalue weighted by Crippen LogP contribution is -2.19. The fourth-order valence-corrected chi connectivity index (χ4v) is 3.24. The maximum Gasteiger partial charge on any atom is 0.122 e. The van der Waals surface area contributed by atoms with Crippen molar-refractivity contribution in [1.82, 2.24) is 0 Å². The Labute approximate surface area is 183 Å². The molecule has 3 heteroatoms. The van der Waals surface area contributed by atoms with Crippen molar-refractivity contribution in [3.63, 3.8) is 0 Å². The van der Waals surface area contributed by atoms with Gasteiger partial charge in [0.05, 0.1) is 5.60 Å². The van der Waals surface area contributed by atoms with Gasteiger partial charge >= 0.3 is 0 Å². The Balaban J connectivity index is 2.47. The van der Waals surface area contributed by atoms with Crippen molar-refractivity contribution in [3.8, 4) is 11.5 Å². The lowest BCUT2D eigenvalue weighted by atomic mass is 9.98. The van der Waals surface area contributed by atoms with E-state index in [1.54, 1.807) is 19.1 Å². The first-order chi connectivity index (χ1) is 14.0. The molecule has 1 rings (SSSR count). The Morgan fingerprint density at radius 3 is 2.33 bits per heavy atom. The molecule has 166 valence electrons. The molecule has 1 atom stereocenters. The summed E-state index contributed by atoms with van der Waals surface area (Å²) in [5.41, 5.74) is 4.52. The zero-order valence-electron chi connectivity index (χ0n) is 19.6. The Bertz CT molecular complexity index is 804. The Morgan fingerprint density at radius 2 is 1.67 bits per heavy atom. The highest BCUT2D eigenvalue weighted by Gasteiger charge is 2.14. The van der Waals surface area contributed by atoms with Gasteiger partial charge in [0, 0.05) is 5.56 Å². The van der Waals surface area contributed by atoms with Crippen molar-refractivity contribution in [2.24, 2.45) is 0 Å². The average molecular weight is 413 g/mol. The van der Waals surface area contributed by atoms with Crippen LogP contribution >= 0.6 is 0 Å². The maximum absolute atomic E-state index is 10.4. The second-order valence-electron chi connectivity index (χ2n) is 8.90. The third kappa shape index (κ3) is 10.5. The van der Waals surface area contributed by atoms with E-state index in [1.165, 1.54) is 16.7 Å². The SMILES string of the molecule is CC(C)=CCCC(C)(O)C=CCC(C)=CCCC(C)=CCc1cc(O)cc(C)c1O. The fraction of sp³-hybridized carbons (Fsp3) is 0.481. The molecule has 1 aromatic carbocycles. The molecule has 0 radical (unpaired) electrons. The van der Waals surface area contributed by atoms with Crippen LogP contribution in [0.2, 0.25) is 0 Å². The fourth-order valence-electron chi connectivity index (χ4n) is 3.24. The summed E-state index contributed by atoms with van der Waals surface area (Å²) in [6, 6.07) is 3.19. The normalized spacial score (nSPS) is 14.8. The molecular weight excluding hydrogens is 372 g/mol. The summed E-state index contributed by atoms with van der Waals surface area (Å²) in [4.78, 5) is 0. The van der Waals surface area contributed by atoms with Crippen molar-refractivity contribution in [2.45, 2.75) is 85.7 Å². The summed E-state index contributed by atoms with van der Waals surface area (Å²) in [6.07, 6.45) is 15.5. The Morgan fingerprint density at radius 1 is 0.967 bits per heavy atom. The topological polar surface area (TPSA) is 60.7 Å². The predicted octanol–water partition coefficient (Wildman–Crippen LogP) is 7.07. The molecule has 0 aliphatic rings. The van der Waals surface area contributed by atoms with Crippen LogP contribution < -0.4 is 0 Å². The number of hydrogen-bond acceptors (Lipinski definition) is 3. The zero-order chi connectivity index (χ0) is 22.7. The van der Waals surface area contributed by atoms with E-state index in [1.807, 2.05) is 13.0 Å². The first kappa shape index (κ1) is 25.8.